The van der Waals surface area contributed by atoms with E-state index in [1.165, 1.54) is 4.57 Å². The molecule has 1 aliphatic heterocycles. The number of H-pyrrole nitrogens is 1. The lowest BCUT2D eigenvalue weighted by Gasteiger charge is -2.39. The normalized spacial score (nSPS) is 24.7. The van der Waals surface area contributed by atoms with Gasteiger partial charge in [-0.1, -0.05) is 27.7 Å². The van der Waals surface area contributed by atoms with E-state index < -0.39 is 14.0 Å². The molecule has 0 radical (unpaired) electrons. The molecule has 142 valence electrons. The molecule has 0 spiro atoms. The SMILES string of the molecule is CC[C@@]1(CO[Si](C)(C)C(C)(C)C)CC[C@H](n2cc(C)c(=O)[nH]c2=O)O1. The second-order valence-corrected chi connectivity index (χ2v) is 13.5. The summed E-state index contributed by atoms with van der Waals surface area (Å²) < 4.78 is 14.2. The molecule has 2 heterocycles. The summed E-state index contributed by atoms with van der Waals surface area (Å²) in [7, 11) is -1.86. The van der Waals surface area contributed by atoms with E-state index >= 15 is 0 Å². The van der Waals surface area contributed by atoms with E-state index in [0.717, 1.165) is 19.3 Å². The maximum absolute atomic E-state index is 12.1. The molecule has 0 bridgehead atoms. The van der Waals surface area contributed by atoms with Crippen molar-refractivity contribution < 1.29 is 9.16 Å². The minimum Gasteiger partial charge on any atom is -0.414 e. The van der Waals surface area contributed by atoms with E-state index in [2.05, 4.69) is 45.8 Å². The fourth-order valence-electron chi connectivity index (χ4n) is 2.79. The van der Waals surface area contributed by atoms with E-state index in [1.807, 2.05) is 0 Å². The van der Waals surface area contributed by atoms with Crippen molar-refractivity contribution in [1.29, 1.82) is 0 Å². The first-order chi connectivity index (χ1) is 11.4. The molecule has 2 rings (SSSR count). The third kappa shape index (κ3) is 4.15. The molecule has 0 aromatic carbocycles. The number of rotatable bonds is 5. The topological polar surface area (TPSA) is 73.3 Å². The molecule has 6 nitrogen and oxygen atoms in total. The molecule has 1 saturated heterocycles. The van der Waals surface area contributed by atoms with Crippen LogP contribution < -0.4 is 11.2 Å². The Morgan fingerprint density at radius 2 is 2.04 bits per heavy atom. The summed E-state index contributed by atoms with van der Waals surface area (Å²) in [5.41, 5.74) is -0.626. The van der Waals surface area contributed by atoms with Gasteiger partial charge in [0.15, 0.2) is 8.32 Å². The first-order valence-electron chi connectivity index (χ1n) is 9.05. The van der Waals surface area contributed by atoms with E-state index in [0.29, 0.717) is 12.2 Å². The molecule has 1 aromatic heterocycles. The molecule has 1 aliphatic rings. The van der Waals surface area contributed by atoms with Crippen molar-refractivity contribution in [2.24, 2.45) is 0 Å². The Kier molecular flexibility index (Phi) is 5.52. The van der Waals surface area contributed by atoms with Gasteiger partial charge >= 0.3 is 5.69 Å². The standard InChI is InChI=1S/C18H32N2O4Si/c1-8-18(12-23-25(6,7)17(3,4)5)10-9-14(24-18)20-11-13(2)15(21)19-16(20)22/h11,14H,8-10,12H2,1-7H3,(H,19,21,22)/t14-,18+/m1/s1. The molecule has 0 aliphatic carbocycles. The molecule has 25 heavy (non-hydrogen) atoms. The summed E-state index contributed by atoms with van der Waals surface area (Å²) in [6.45, 7) is 15.5. The van der Waals surface area contributed by atoms with Gasteiger partial charge in [0.1, 0.15) is 6.23 Å². The highest BCUT2D eigenvalue weighted by Crippen LogP contribution is 2.42. The molecule has 0 amide bonds. The summed E-state index contributed by atoms with van der Waals surface area (Å²) >= 11 is 0. The monoisotopic (exact) mass is 368 g/mol. The van der Waals surface area contributed by atoms with Crippen LogP contribution in [0.2, 0.25) is 18.1 Å². The fourth-order valence-corrected chi connectivity index (χ4v) is 3.84. The molecule has 0 saturated carbocycles. The predicted octanol–water partition coefficient (Wildman–Crippen LogP) is 3.32. The van der Waals surface area contributed by atoms with Gasteiger partial charge in [0.05, 0.1) is 12.2 Å². The molecule has 0 unspecified atom stereocenters. The third-order valence-electron chi connectivity index (χ3n) is 5.84. The van der Waals surface area contributed by atoms with Crippen LogP contribution in [0.1, 0.15) is 58.7 Å². The van der Waals surface area contributed by atoms with Crippen LogP contribution in [0.4, 0.5) is 0 Å². The zero-order valence-corrected chi connectivity index (χ0v) is 17.6. The average molecular weight is 369 g/mol. The van der Waals surface area contributed by atoms with Gasteiger partial charge in [-0.2, -0.15) is 0 Å². The van der Waals surface area contributed by atoms with Crippen molar-refractivity contribution in [3.63, 3.8) is 0 Å². The molecular formula is C18H32N2O4Si. The number of aromatic amines is 1. The molecule has 1 fully saturated rings. The Balaban J connectivity index is 2.17. The largest absolute Gasteiger partial charge is 0.414 e. The Bertz CT molecular complexity index is 732. The van der Waals surface area contributed by atoms with Crippen molar-refractivity contribution in [3.05, 3.63) is 32.6 Å². The maximum atomic E-state index is 12.1. The molecular weight excluding hydrogens is 336 g/mol. The summed E-state index contributed by atoms with van der Waals surface area (Å²) in [6, 6.07) is 0. The molecule has 1 aromatic rings. The minimum atomic E-state index is -1.86. The van der Waals surface area contributed by atoms with Crippen LogP contribution in [0, 0.1) is 6.92 Å². The van der Waals surface area contributed by atoms with Crippen LogP contribution in [0.5, 0.6) is 0 Å². The summed E-state index contributed by atoms with van der Waals surface area (Å²) in [4.78, 5) is 26.1. The van der Waals surface area contributed by atoms with Gasteiger partial charge in [-0.05, 0) is 44.3 Å². The number of hydrogen-bond donors (Lipinski definition) is 1. The first kappa shape index (κ1) is 20.1. The second-order valence-electron chi connectivity index (χ2n) is 8.68. The lowest BCUT2D eigenvalue weighted by atomic mass is 9.98. The van der Waals surface area contributed by atoms with E-state index in [9.17, 15) is 9.59 Å². The van der Waals surface area contributed by atoms with Crippen LogP contribution in [0.3, 0.4) is 0 Å². The van der Waals surface area contributed by atoms with Crippen molar-refractivity contribution >= 4 is 8.32 Å². The highest BCUT2D eigenvalue weighted by Gasteiger charge is 2.44. The molecule has 7 heteroatoms. The van der Waals surface area contributed by atoms with Crippen molar-refractivity contribution in [2.75, 3.05) is 6.61 Å². The van der Waals surface area contributed by atoms with Crippen LogP contribution >= 0.6 is 0 Å². The number of aromatic nitrogens is 2. The van der Waals surface area contributed by atoms with Gasteiger partial charge in [-0.25, -0.2) is 4.79 Å². The zero-order chi connectivity index (χ0) is 19.0. The van der Waals surface area contributed by atoms with E-state index in [1.54, 1.807) is 13.1 Å². The van der Waals surface area contributed by atoms with Crippen LogP contribution in [0.25, 0.3) is 0 Å². The Hall–Kier alpha value is -1.18. The van der Waals surface area contributed by atoms with Crippen molar-refractivity contribution in [3.8, 4) is 0 Å². The maximum Gasteiger partial charge on any atom is 0.330 e. The number of nitrogens with one attached hydrogen (secondary N) is 1. The lowest BCUT2D eigenvalue weighted by Crippen LogP contribution is -2.46. The number of nitrogens with zero attached hydrogens (tertiary/aromatic N) is 1. The third-order valence-corrected chi connectivity index (χ3v) is 10.3. The van der Waals surface area contributed by atoms with Crippen molar-refractivity contribution in [2.45, 2.75) is 83.8 Å². The van der Waals surface area contributed by atoms with Gasteiger partial charge in [0.25, 0.3) is 5.56 Å². The van der Waals surface area contributed by atoms with Gasteiger partial charge in [0, 0.05) is 11.8 Å². The van der Waals surface area contributed by atoms with E-state index in [-0.39, 0.29) is 22.4 Å². The first-order valence-corrected chi connectivity index (χ1v) is 12.0. The molecule has 1 N–H and O–H groups in total. The van der Waals surface area contributed by atoms with Gasteiger partial charge < -0.3 is 9.16 Å². The van der Waals surface area contributed by atoms with Gasteiger partial charge in [-0.15, -0.1) is 0 Å². The Morgan fingerprint density at radius 1 is 1.40 bits per heavy atom. The quantitative estimate of drug-likeness (QED) is 0.809. The van der Waals surface area contributed by atoms with E-state index in [4.69, 9.17) is 9.16 Å². The number of hydrogen-bond acceptors (Lipinski definition) is 4. The summed E-state index contributed by atoms with van der Waals surface area (Å²) in [5.74, 6) is 0. The van der Waals surface area contributed by atoms with Gasteiger partial charge in [0.2, 0.25) is 0 Å². The highest BCUT2D eigenvalue weighted by molar-refractivity contribution is 6.74. The summed E-state index contributed by atoms with van der Waals surface area (Å²) in [5, 5.41) is 0.146. The smallest absolute Gasteiger partial charge is 0.330 e. The van der Waals surface area contributed by atoms with Crippen LogP contribution in [0.15, 0.2) is 15.8 Å². The van der Waals surface area contributed by atoms with Crippen LogP contribution in [-0.4, -0.2) is 30.1 Å². The molecule has 2 atom stereocenters. The Labute approximate surface area is 150 Å². The Morgan fingerprint density at radius 3 is 2.60 bits per heavy atom. The van der Waals surface area contributed by atoms with Crippen molar-refractivity contribution in [1.82, 2.24) is 9.55 Å². The van der Waals surface area contributed by atoms with Crippen LogP contribution in [-0.2, 0) is 9.16 Å². The lowest BCUT2D eigenvalue weighted by molar-refractivity contribution is -0.0982. The highest BCUT2D eigenvalue weighted by atomic mass is 28.4. The minimum absolute atomic E-state index is 0.146. The average Bonchev–Trinajstić information content (AvgIpc) is 2.93. The zero-order valence-electron chi connectivity index (χ0n) is 16.6. The number of ether oxygens (including phenoxy) is 1. The summed E-state index contributed by atoms with van der Waals surface area (Å²) in [6.07, 6.45) is 3.64. The van der Waals surface area contributed by atoms with Gasteiger partial charge in [-0.3, -0.25) is 14.3 Å². The number of aryl methyl sites for hydroxylation is 1. The fraction of sp³-hybridized carbons (Fsp3) is 0.778. The predicted molar refractivity (Wildman–Crippen MR) is 102 cm³/mol. The second kappa shape index (κ2) is 6.85.